The first kappa shape index (κ1) is 20.6. The summed E-state index contributed by atoms with van der Waals surface area (Å²) in [5.41, 5.74) is 6.31. The summed E-state index contributed by atoms with van der Waals surface area (Å²) in [6, 6.07) is 12.5. The first-order chi connectivity index (χ1) is 12.4. The van der Waals surface area contributed by atoms with Crippen LogP contribution in [0.2, 0.25) is 0 Å². The Morgan fingerprint density at radius 1 is 1.00 bits per heavy atom. The predicted octanol–water partition coefficient (Wildman–Crippen LogP) is 4.57. The standard InChI is InChI=1S/C20H22F3NO3/c1-19(2,3)26-15-9-7-13(8-10-15)11-17(18(24)25)14-5-4-6-16(12-14)27-20(21,22)23/h4-10,12,17H,11H2,1-3H3,(H2,24,25). The van der Waals surface area contributed by atoms with Crippen molar-refractivity contribution in [3.05, 3.63) is 59.7 Å². The average Bonchev–Trinajstić information content (AvgIpc) is 2.51. The first-order valence-corrected chi connectivity index (χ1v) is 8.36. The molecule has 0 bridgehead atoms. The van der Waals surface area contributed by atoms with Gasteiger partial charge in [0.15, 0.2) is 0 Å². The molecule has 0 saturated heterocycles. The molecule has 1 unspecified atom stereocenters. The summed E-state index contributed by atoms with van der Waals surface area (Å²) in [6.45, 7) is 5.79. The van der Waals surface area contributed by atoms with Crippen molar-refractivity contribution in [3.8, 4) is 11.5 Å². The van der Waals surface area contributed by atoms with E-state index in [1.807, 2.05) is 20.8 Å². The number of nitrogens with two attached hydrogens (primary N) is 1. The number of hydrogen-bond donors (Lipinski definition) is 1. The van der Waals surface area contributed by atoms with Crippen molar-refractivity contribution in [1.82, 2.24) is 0 Å². The Balaban J connectivity index is 2.19. The molecule has 2 N–H and O–H groups in total. The Labute approximate surface area is 156 Å². The molecule has 2 aromatic rings. The lowest BCUT2D eigenvalue weighted by molar-refractivity contribution is -0.274. The van der Waals surface area contributed by atoms with Crippen LogP contribution < -0.4 is 15.2 Å². The number of halogens is 3. The summed E-state index contributed by atoms with van der Waals surface area (Å²) >= 11 is 0. The van der Waals surface area contributed by atoms with Crippen molar-refractivity contribution in [3.63, 3.8) is 0 Å². The van der Waals surface area contributed by atoms with E-state index in [1.165, 1.54) is 18.2 Å². The summed E-state index contributed by atoms with van der Waals surface area (Å²) in [5.74, 6) is -1.12. The summed E-state index contributed by atoms with van der Waals surface area (Å²) < 4.78 is 46.9. The number of hydrogen-bond acceptors (Lipinski definition) is 3. The minimum absolute atomic E-state index is 0.251. The number of alkyl halides is 3. The van der Waals surface area contributed by atoms with Gasteiger partial charge in [-0.05, 0) is 62.6 Å². The SMILES string of the molecule is CC(C)(C)Oc1ccc(CC(C(N)=O)c2cccc(OC(F)(F)F)c2)cc1. The number of amides is 1. The van der Waals surface area contributed by atoms with Crippen LogP contribution in [0.25, 0.3) is 0 Å². The average molecular weight is 381 g/mol. The molecule has 0 aliphatic carbocycles. The largest absolute Gasteiger partial charge is 0.573 e. The summed E-state index contributed by atoms with van der Waals surface area (Å²) in [7, 11) is 0. The number of carbonyl (C=O) groups is 1. The van der Waals surface area contributed by atoms with Crippen molar-refractivity contribution in [2.45, 2.75) is 45.1 Å². The molecule has 7 heteroatoms. The predicted molar refractivity (Wildman–Crippen MR) is 95.6 cm³/mol. The molecule has 0 aliphatic rings. The second-order valence-corrected chi connectivity index (χ2v) is 7.14. The van der Waals surface area contributed by atoms with Crippen molar-refractivity contribution >= 4 is 5.91 Å². The molecular weight excluding hydrogens is 359 g/mol. The molecule has 0 fully saturated rings. The van der Waals surface area contributed by atoms with Crippen LogP contribution in [0.3, 0.4) is 0 Å². The van der Waals surface area contributed by atoms with Crippen molar-refractivity contribution in [2.24, 2.45) is 5.73 Å². The van der Waals surface area contributed by atoms with Crippen LogP contribution in [0, 0.1) is 0 Å². The van der Waals surface area contributed by atoms with Gasteiger partial charge in [0.1, 0.15) is 17.1 Å². The number of benzene rings is 2. The van der Waals surface area contributed by atoms with Crippen LogP contribution in [0.15, 0.2) is 48.5 Å². The lowest BCUT2D eigenvalue weighted by Crippen LogP contribution is -2.24. The van der Waals surface area contributed by atoms with E-state index in [4.69, 9.17) is 10.5 Å². The van der Waals surface area contributed by atoms with Crippen LogP contribution in [-0.2, 0) is 11.2 Å². The molecule has 0 saturated carbocycles. The molecule has 2 aromatic carbocycles. The molecule has 0 radical (unpaired) electrons. The van der Waals surface area contributed by atoms with Gasteiger partial charge in [-0.3, -0.25) is 4.79 Å². The molecular formula is C20H22F3NO3. The summed E-state index contributed by atoms with van der Waals surface area (Å²) in [4.78, 5) is 11.9. The van der Waals surface area contributed by atoms with E-state index in [0.29, 0.717) is 11.3 Å². The maximum absolute atomic E-state index is 12.4. The number of ether oxygens (including phenoxy) is 2. The maximum Gasteiger partial charge on any atom is 0.573 e. The molecule has 1 atom stereocenters. The van der Waals surface area contributed by atoms with Gasteiger partial charge < -0.3 is 15.2 Å². The lowest BCUT2D eigenvalue weighted by Gasteiger charge is -2.21. The minimum Gasteiger partial charge on any atom is -0.488 e. The smallest absolute Gasteiger partial charge is 0.488 e. The van der Waals surface area contributed by atoms with E-state index in [0.717, 1.165) is 5.56 Å². The quantitative estimate of drug-likeness (QED) is 0.797. The zero-order chi connectivity index (χ0) is 20.2. The van der Waals surface area contributed by atoms with Crippen LogP contribution in [0.1, 0.15) is 37.8 Å². The lowest BCUT2D eigenvalue weighted by atomic mass is 9.91. The highest BCUT2D eigenvalue weighted by Gasteiger charge is 2.31. The minimum atomic E-state index is -4.80. The molecule has 0 heterocycles. The molecule has 0 aromatic heterocycles. The zero-order valence-corrected chi connectivity index (χ0v) is 15.3. The molecule has 0 spiro atoms. The highest BCUT2D eigenvalue weighted by atomic mass is 19.4. The number of primary amides is 1. The Morgan fingerprint density at radius 3 is 2.15 bits per heavy atom. The van der Waals surface area contributed by atoms with Crippen molar-refractivity contribution in [2.75, 3.05) is 0 Å². The Hall–Kier alpha value is -2.70. The second-order valence-electron chi connectivity index (χ2n) is 7.14. The van der Waals surface area contributed by atoms with Crippen molar-refractivity contribution in [1.29, 1.82) is 0 Å². The van der Waals surface area contributed by atoms with Gasteiger partial charge >= 0.3 is 6.36 Å². The summed E-state index contributed by atoms with van der Waals surface area (Å²) in [5, 5.41) is 0. The molecule has 4 nitrogen and oxygen atoms in total. The molecule has 27 heavy (non-hydrogen) atoms. The van der Waals surface area contributed by atoms with Gasteiger partial charge in [0.05, 0.1) is 5.92 Å². The third-order valence-electron chi connectivity index (χ3n) is 3.62. The Bertz CT molecular complexity index is 780. The summed E-state index contributed by atoms with van der Waals surface area (Å²) in [6.07, 6.45) is -4.55. The molecule has 0 aliphatic heterocycles. The van der Waals surface area contributed by atoms with Crippen LogP contribution in [-0.4, -0.2) is 17.9 Å². The van der Waals surface area contributed by atoms with E-state index < -0.39 is 18.2 Å². The van der Waals surface area contributed by atoms with E-state index in [9.17, 15) is 18.0 Å². The zero-order valence-electron chi connectivity index (χ0n) is 15.3. The third kappa shape index (κ3) is 6.84. The van der Waals surface area contributed by atoms with Gasteiger partial charge in [-0.15, -0.1) is 13.2 Å². The van der Waals surface area contributed by atoms with Crippen molar-refractivity contribution < 1.29 is 27.4 Å². The fourth-order valence-corrected chi connectivity index (χ4v) is 2.59. The fraction of sp³-hybridized carbons (Fsp3) is 0.350. The molecule has 1 amide bonds. The van der Waals surface area contributed by atoms with E-state index in [1.54, 1.807) is 30.3 Å². The Kier molecular flexibility index (Phi) is 6.03. The van der Waals surface area contributed by atoms with Crippen LogP contribution >= 0.6 is 0 Å². The second kappa shape index (κ2) is 7.90. The van der Waals surface area contributed by atoms with Gasteiger partial charge in [0, 0.05) is 0 Å². The van der Waals surface area contributed by atoms with Gasteiger partial charge in [-0.2, -0.15) is 0 Å². The van der Waals surface area contributed by atoms with Gasteiger partial charge in [-0.1, -0.05) is 24.3 Å². The van der Waals surface area contributed by atoms with Crippen LogP contribution in [0.5, 0.6) is 11.5 Å². The highest BCUT2D eigenvalue weighted by molar-refractivity contribution is 5.82. The van der Waals surface area contributed by atoms with E-state index in [-0.39, 0.29) is 17.8 Å². The van der Waals surface area contributed by atoms with Gasteiger partial charge in [0.2, 0.25) is 5.91 Å². The van der Waals surface area contributed by atoms with Gasteiger partial charge in [0.25, 0.3) is 0 Å². The molecule has 2 rings (SSSR count). The Morgan fingerprint density at radius 2 is 1.63 bits per heavy atom. The van der Waals surface area contributed by atoms with Gasteiger partial charge in [-0.25, -0.2) is 0 Å². The monoisotopic (exact) mass is 381 g/mol. The maximum atomic E-state index is 12.4. The van der Waals surface area contributed by atoms with E-state index in [2.05, 4.69) is 4.74 Å². The highest BCUT2D eigenvalue weighted by Crippen LogP contribution is 2.28. The normalized spacial score (nSPS) is 13.1. The first-order valence-electron chi connectivity index (χ1n) is 8.36. The topological polar surface area (TPSA) is 61.5 Å². The number of rotatable bonds is 6. The number of carbonyl (C=O) groups excluding carboxylic acids is 1. The fourth-order valence-electron chi connectivity index (χ4n) is 2.59. The van der Waals surface area contributed by atoms with E-state index >= 15 is 0 Å². The molecule has 146 valence electrons. The third-order valence-corrected chi connectivity index (χ3v) is 3.62. The van der Waals surface area contributed by atoms with Crippen LogP contribution in [0.4, 0.5) is 13.2 Å².